The summed E-state index contributed by atoms with van der Waals surface area (Å²) in [7, 11) is 0. The molecular weight excluding hydrogens is 480 g/mol. The maximum absolute atomic E-state index is 12.6. The monoisotopic (exact) mass is 530 g/mol. The van der Waals surface area contributed by atoms with Gasteiger partial charge in [0.1, 0.15) is 0 Å². The van der Waals surface area contributed by atoms with Crippen LogP contribution in [0, 0.1) is 34.5 Å². The van der Waals surface area contributed by atoms with Crippen molar-refractivity contribution in [2.24, 2.45) is 34.5 Å². The second-order valence-electron chi connectivity index (χ2n) is 14.0. The number of rotatable bonds is 4. The molecule has 6 fully saturated rings. The Hall–Kier alpha value is -1.18. The highest BCUT2D eigenvalue weighted by molar-refractivity contribution is 5.69. The van der Waals surface area contributed by atoms with Crippen LogP contribution in [0.25, 0.3) is 0 Å². The van der Waals surface area contributed by atoms with Crippen LogP contribution in [0.15, 0.2) is 0 Å². The van der Waals surface area contributed by atoms with Gasteiger partial charge in [-0.15, -0.1) is 0 Å². The summed E-state index contributed by atoms with van der Waals surface area (Å²) in [6, 6.07) is 0.624. The Labute approximate surface area is 229 Å². The molecule has 38 heavy (non-hydrogen) atoms. The molecule has 214 valence electrons. The molecule has 0 aromatic rings. The average molecular weight is 531 g/mol. The fourth-order valence-electron chi connectivity index (χ4n) is 10.8. The van der Waals surface area contributed by atoms with Crippen LogP contribution in [0.4, 0.5) is 0 Å². The molecule has 0 N–H and O–H groups in total. The number of morpholine rings is 1. The number of likely N-dealkylation sites (tertiary alicyclic amines) is 1. The van der Waals surface area contributed by atoms with E-state index in [0.29, 0.717) is 29.2 Å². The molecule has 0 spiro atoms. The van der Waals surface area contributed by atoms with Crippen molar-refractivity contribution in [3.8, 4) is 0 Å². The summed E-state index contributed by atoms with van der Waals surface area (Å²) in [5.41, 5.74) is -0.0110. The number of hydrogen-bond donors (Lipinski definition) is 0. The predicted octanol–water partition coefficient (Wildman–Crippen LogP) is 4.63. The normalized spacial score (nSPS) is 45.1. The SMILES string of the molecule is CC(=O)OC1(OC(C)=O)C(N2CCCC2)C[C@H]2[C@@H]3CCC4CCC(N5CCOCC5)C[C@]4(C)[C@@H]3CC[C@@]21C. The number of esters is 2. The van der Waals surface area contributed by atoms with Gasteiger partial charge in [0.15, 0.2) is 0 Å². The molecule has 4 aliphatic carbocycles. The first-order valence-electron chi connectivity index (χ1n) is 15.6. The van der Waals surface area contributed by atoms with Crippen LogP contribution < -0.4 is 0 Å². The second-order valence-corrected chi connectivity index (χ2v) is 14.0. The summed E-state index contributed by atoms with van der Waals surface area (Å²) >= 11 is 0. The largest absolute Gasteiger partial charge is 0.420 e. The van der Waals surface area contributed by atoms with E-state index in [9.17, 15) is 9.59 Å². The molecular formula is C31H50N2O5. The molecule has 0 aromatic heterocycles. The van der Waals surface area contributed by atoms with Crippen LogP contribution in [0.3, 0.4) is 0 Å². The van der Waals surface area contributed by atoms with Crippen molar-refractivity contribution in [3.05, 3.63) is 0 Å². The molecule has 7 nitrogen and oxygen atoms in total. The summed E-state index contributed by atoms with van der Waals surface area (Å²) in [5, 5.41) is 0. The summed E-state index contributed by atoms with van der Waals surface area (Å²) in [6.45, 7) is 13.8. The molecule has 0 amide bonds. The topological polar surface area (TPSA) is 68.3 Å². The Morgan fingerprint density at radius 1 is 0.816 bits per heavy atom. The summed E-state index contributed by atoms with van der Waals surface area (Å²) in [6.07, 6.45) is 11.9. The predicted molar refractivity (Wildman–Crippen MR) is 144 cm³/mol. The smallest absolute Gasteiger partial charge is 0.305 e. The maximum atomic E-state index is 12.6. The van der Waals surface area contributed by atoms with Gasteiger partial charge in [0.25, 0.3) is 5.79 Å². The van der Waals surface area contributed by atoms with E-state index in [1.807, 2.05) is 0 Å². The number of carbonyl (C=O) groups excluding carboxylic acids is 2. The van der Waals surface area contributed by atoms with Crippen LogP contribution in [-0.2, 0) is 23.8 Å². The average Bonchev–Trinajstić information content (AvgIpc) is 3.48. The summed E-state index contributed by atoms with van der Waals surface area (Å²) in [5.74, 6) is 0.626. The van der Waals surface area contributed by atoms with Gasteiger partial charge in [0.05, 0.1) is 19.3 Å². The molecule has 4 saturated carbocycles. The molecule has 2 saturated heterocycles. The molecule has 3 unspecified atom stereocenters. The fraction of sp³-hybridized carbons (Fsp3) is 0.935. The number of hydrogen-bond acceptors (Lipinski definition) is 7. The van der Waals surface area contributed by atoms with Crippen LogP contribution in [0.2, 0.25) is 0 Å². The minimum atomic E-state index is -1.19. The van der Waals surface area contributed by atoms with Gasteiger partial charge in [-0.05, 0) is 106 Å². The van der Waals surface area contributed by atoms with Crippen LogP contribution in [-0.4, -0.2) is 79.0 Å². The highest BCUT2D eigenvalue weighted by atomic mass is 16.7. The lowest BCUT2D eigenvalue weighted by Crippen LogP contribution is -2.63. The number of nitrogens with zero attached hydrogens (tertiary/aromatic N) is 2. The quantitative estimate of drug-likeness (QED) is 0.388. The van der Waals surface area contributed by atoms with Crippen LogP contribution in [0.5, 0.6) is 0 Å². The van der Waals surface area contributed by atoms with E-state index in [1.165, 1.54) is 46.0 Å². The van der Waals surface area contributed by atoms with Crippen molar-refractivity contribution in [2.45, 2.75) is 110 Å². The van der Waals surface area contributed by atoms with E-state index in [0.717, 1.165) is 77.4 Å². The van der Waals surface area contributed by atoms with E-state index < -0.39 is 5.79 Å². The first-order valence-corrected chi connectivity index (χ1v) is 15.6. The van der Waals surface area contributed by atoms with E-state index >= 15 is 0 Å². The molecule has 8 atom stereocenters. The third-order valence-electron chi connectivity index (χ3n) is 12.4. The highest BCUT2D eigenvalue weighted by Crippen LogP contribution is 2.70. The van der Waals surface area contributed by atoms with E-state index in [1.54, 1.807) is 0 Å². The first-order chi connectivity index (χ1) is 18.2. The van der Waals surface area contributed by atoms with Crippen LogP contribution >= 0.6 is 0 Å². The standard InChI is InChI=1S/C31H50N2O5/c1-21(34)37-31(38-22(2)35)28(33-13-5-6-14-33)19-27-25-10-8-23-7-9-24(32-15-17-36-18-16-32)20-29(23,3)26(25)11-12-30(27,31)4/h23-28H,5-20H2,1-4H3/t23?,24?,25-,26-,27+,28?,29+,30+/m1/s1. The van der Waals surface area contributed by atoms with Gasteiger partial charge in [0.2, 0.25) is 0 Å². The zero-order valence-electron chi connectivity index (χ0n) is 24.2. The molecule has 2 aliphatic heterocycles. The summed E-state index contributed by atoms with van der Waals surface area (Å²) < 4.78 is 18.2. The molecule has 2 heterocycles. The molecule has 6 aliphatic rings. The fourth-order valence-corrected chi connectivity index (χ4v) is 10.8. The lowest BCUT2D eigenvalue weighted by molar-refractivity contribution is -0.290. The Morgan fingerprint density at radius 3 is 2.13 bits per heavy atom. The minimum Gasteiger partial charge on any atom is -0.420 e. The van der Waals surface area contributed by atoms with Crippen molar-refractivity contribution in [3.63, 3.8) is 0 Å². The van der Waals surface area contributed by atoms with Gasteiger partial charge in [0, 0.05) is 38.4 Å². The Bertz CT molecular complexity index is 898. The van der Waals surface area contributed by atoms with Gasteiger partial charge in [-0.1, -0.05) is 13.8 Å². The first kappa shape index (κ1) is 27.0. The van der Waals surface area contributed by atoms with E-state index in [2.05, 4.69) is 23.6 Å². The molecule has 7 heteroatoms. The van der Waals surface area contributed by atoms with Crippen molar-refractivity contribution < 1.29 is 23.8 Å². The Kier molecular flexibility index (Phi) is 7.13. The van der Waals surface area contributed by atoms with Gasteiger partial charge < -0.3 is 14.2 Å². The molecule has 0 bridgehead atoms. The lowest BCUT2D eigenvalue weighted by Gasteiger charge is -2.62. The number of carbonyl (C=O) groups is 2. The van der Waals surface area contributed by atoms with Crippen molar-refractivity contribution in [2.75, 3.05) is 39.4 Å². The zero-order valence-corrected chi connectivity index (χ0v) is 24.2. The Balaban J connectivity index is 1.33. The zero-order chi connectivity index (χ0) is 26.7. The molecule has 0 radical (unpaired) electrons. The molecule has 6 rings (SSSR count). The van der Waals surface area contributed by atoms with Crippen LogP contribution in [0.1, 0.15) is 91.9 Å². The van der Waals surface area contributed by atoms with Crippen molar-refractivity contribution >= 4 is 11.9 Å². The van der Waals surface area contributed by atoms with Crippen molar-refractivity contribution in [1.29, 1.82) is 0 Å². The van der Waals surface area contributed by atoms with Gasteiger partial charge >= 0.3 is 11.9 Å². The number of ether oxygens (including phenoxy) is 3. The van der Waals surface area contributed by atoms with Gasteiger partial charge in [-0.2, -0.15) is 0 Å². The third-order valence-corrected chi connectivity index (χ3v) is 12.4. The third kappa shape index (κ3) is 4.16. The number of fused-ring (bicyclic) bond motifs is 5. The van der Waals surface area contributed by atoms with Gasteiger partial charge in [-0.3, -0.25) is 19.4 Å². The second kappa shape index (κ2) is 10.0. The van der Waals surface area contributed by atoms with E-state index in [4.69, 9.17) is 14.2 Å². The minimum absolute atomic E-state index is 0.0514. The molecule has 0 aromatic carbocycles. The summed E-state index contributed by atoms with van der Waals surface area (Å²) in [4.78, 5) is 30.4. The van der Waals surface area contributed by atoms with E-state index in [-0.39, 0.29) is 23.4 Å². The Morgan fingerprint density at radius 2 is 1.47 bits per heavy atom. The maximum Gasteiger partial charge on any atom is 0.305 e. The highest BCUT2D eigenvalue weighted by Gasteiger charge is 2.73. The lowest BCUT2D eigenvalue weighted by atomic mass is 9.44. The van der Waals surface area contributed by atoms with Crippen molar-refractivity contribution in [1.82, 2.24) is 9.80 Å². The van der Waals surface area contributed by atoms with Gasteiger partial charge in [-0.25, -0.2) is 0 Å².